The summed E-state index contributed by atoms with van der Waals surface area (Å²) < 4.78 is 0. The maximum atomic E-state index is 12.3. The van der Waals surface area contributed by atoms with E-state index in [2.05, 4.69) is 9.88 Å². The fourth-order valence-corrected chi connectivity index (χ4v) is 3.20. The van der Waals surface area contributed by atoms with E-state index in [1.807, 2.05) is 39.0 Å². The van der Waals surface area contributed by atoms with Crippen molar-refractivity contribution in [1.82, 2.24) is 14.9 Å². The lowest BCUT2D eigenvalue weighted by molar-refractivity contribution is 0.239. The molecule has 1 aromatic heterocycles. The topological polar surface area (TPSA) is 49.0 Å². The van der Waals surface area contributed by atoms with Crippen LogP contribution in [0.5, 0.6) is 0 Å². The minimum absolute atomic E-state index is 0.000822. The molecule has 2 heterocycles. The lowest BCUT2D eigenvalue weighted by Gasteiger charge is -2.29. The molecule has 0 bridgehead atoms. The zero-order chi connectivity index (χ0) is 17.5. The maximum absolute atomic E-state index is 12.3. The van der Waals surface area contributed by atoms with Crippen molar-refractivity contribution in [3.8, 4) is 0 Å². The van der Waals surface area contributed by atoms with E-state index < -0.39 is 0 Å². The van der Waals surface area contributed by atoms with E-state index in [0.717, 1.165) is 35.7 Å². The standard InChI is InChI=1S/C18H21Cl2N3O/c1-18(2,3)17-21-15-10-23(7-6-12(15)16(24)22-17)9-11-4-5-13(19)14(20)8-11/h4-5,8H,6-7,9-10H2,1-3H3,(H,21,22,24). The number of hydrogen-bond donors (Lipinski definition) is 1. The first-order valence-corrected chi connectivity index (χ1v) is 8.78. The van der Waals surface area contributed by atoms with Crippen molar-refractivity contribution in [3.05, 3.63) is 61.2 Å². The third-order valence-electron chi connectivity index (χ3n) is 4.25. The van der Waals surface area contributed by atoms with Gasteiger partial charge < -0.3 is 4.98 Å². The van der Waals surface area contributed by atoms with Gasteiger partial charge in [0.1, 0.15) is 5.82 Å². The third-order valence-corrected chi connectivity index (χ3v) is 4.99. The molecular formula is C18H21Cl2N3O. The Morgan fingerprint density at radius 1 is 1.25 bits per heavy atom. The number of hydrogen-bond acceptors (Lipinski definition) is 3. The molecule has 2 aromatic rings. The molecule has 1 N–H and O–H groups in total. The van der Waals surface area contributed by atoms with Gasteiger partial charge in [0.05, 0.1) is 15.7 Å². The average Bonchev–Trinajstić information content (AvgIpc) is 2.50. The number of halogens is 2. The number of aromatic nitrogens is 2. The van der Waals surface area contributed by atoms with Crippen LogP contribution in [0.25, 0.3) is 0 Å². The van der Waals surface area contributed by atoms with E-state index in [4.69, 9.17) is 28.2 Å². The summed E-state index contributed by atoms with van der Waals surface area (Å²) in [5, 5.41) is 1.13. The second-order valence-electron chi connectivity index (χ2n) is 7.30. The summed E-state index contributed by atoms with van der Waals surface area (Å²) >= 11 is 12.1. The summed E-state index contributed by atoms with van der Waals surface area (Å²) in [6.07, 6.45) is 0.712. The minimum atomic E-state index is -0.180. The molecule has 0 radical (unpaired) electrons. The highest BCUT2D eigenvalue weighted by atomic mass is 35.5. The molecule has 0 spiro atoms. The van der Waals surface area contributed by atoms with Crippen molar-refractivity contribution >= 4 is 23.2 Å². The van der Waals surface area contributed by atoms with Gasteiger partial charge in [-0.05, 0) is 24.1 Å². The lowest BCUT2D eigenvalue weighted by Crippen LogP contribution is -2.36. The zero-order valence-electron chi connectivity index (χ0n) is 14.1. The van der Waals surface area contributed by atoms with Crippen molar-refractivity contribution in [2.75, 3.05) is 6.54 Å². The maximum Gasteiger partial charge on any atom is 0.254 e. The number of H-pyrrole nitrogens is 1. The Morgan fingerprint density at radius 3 is 2.67 bits per heavy atom. The van der Waals surface area contributed by atoms with Crippen LogP contribution in [0.3, 0.4) is 0 Å². The molecule has 6 heteroatoms. The van der Waals surface area contributed by atoms with E-state index in [1.54, 1.807) is 0 Å². The molecule has 24 heavy (non-hydrogen) atoms. The fourth-order valence-electron chi connectivity index (χ4n) is 2.88. The molecule has 0 amide bonds. The molecular weight excluding hydrogens is 345 g/mol. The Labute approximate surface area is 151 Å². The summed E-state index contributed by atoms with van der Waals surface area (Å²) in [6, 6.07) is 5.69. The molecule has 1 aliphatic heterocycles. The largest absolute Gasteiger partial charge is 0.310 e. The highest BCUT2D eigenvalue weighted by Crippen LogP contribution is 2.25. The van der Waals surface area contributed by atoms with Gasteiger partial charge >= 0.3 is 0 Å². The molecule has 0 fully saturated rings. The molecule has 0 saturated heterocycles. The van der Waals surface area contributed by atoms with Crippen molar-refractivity contribution in [3.63, 3.8) is 0 Å². The number of fused-ring (bicyclic) bond motifs is 1. The number of nitrogens with zero attached hydrogens (tertiary/aromatic N) is 2. The van der Waals surface area contributed by atoms with Crippen LogP contribution in [-0.2, 0) is 24.9 Å². The quantitative estimate of drug-likeness (QED) is 0.876. The van der Waals surface area contributed by atoms with E-state index >= 15 is 0 Å². The highest BCUT2D eigenvalue weighted by Gasteiger charge is 2.24. The molecule has 0 saturated carbocycles. The Morgan fingerprint density at radius 2 is 2.00 bits per heavy atom. The van der Waals surface area contributed by atoms with Gasteiger partial charge in [-0.25, -0.2) is 4.98 Å². The number of aromatic amines is 1. The predicted octanol–water partition coefficient (Wildman–Crippen LogP) is 3.93. The normalized spacial score (nSPS) is 15.4. The van der Waals surface area contributed by atoms with Gasteiger partial charge in [0, 0.05) is 30.6 Å². The summed E-state index contributed by atoms with van der Waals surface area (Å²) in [5.41, 5.74) is 2.62. The van der Waals surface area contributed by atoms with Crippen LogP contribution in [0, 0.1) is 0 Å². The lowest BCUT2D eigenvalue weighted by atomic mass is 9.95. The summed E-state index contributed by atoms with van der Waals surface area (Å²) in [5.74, 6) is 0.739. The number of nitrogens with one attached hydrogen (secondary N) is 1. The predicted molar refractivity (Wildman–Crippen MR) is 97.8 cm³/mol. The molecule has 128 valence electrons. The van der Waals surface area contributed by atoms with Gasteiger partial charge in [0.2, 0.25) is 0 Å². The monoisotopic (exact) mass is 365 g/mol. The first-order chi connectivity index (χ1) is 11.2. The Bertz CT molecular complexity index is 824. The fraction of sp³-hybridized carbons (Fsp3) is 0.444. The first kappa shape index (κ1) is 17.5. The minimum Gasteiger partial charge on any atom is -0.310 e. The Kier molecular flexibility index (Phi) is 4.73. The van der Waals surface area contributed by atoms with Crippen LogP contribution in [-0.4, -0.2) is 21.4 Å². The number of benzene rings is 1. The Balaban J connectivity index is 1.84. The average molecular weight is 366 g/mol. The highest BCUT2D eigenvalue weighted by molar-refractivity contribution is 6.42. The van der Waals surface area contributed by atoms with Crippen molar-refractivity contribution in [2.24, 2.45) is 0 Å². The van der Waals surface area contributed by atoms with E-state index in [9.17, 15) is 4.79 Å². The first-order valence-electron chi connectivity index (χ1n) is 8.03. The molecule has 0 aliphatic carbocycles. The van der Waals surface area contributed by atoms with Gasteiger partial charge in [0.25, 0.3) is 5.56 Å². The van der Waals surface area contributed by atoms with E-state index in [-0.39, 0.29) is 11.0 Å². The van der Waals surface area contributed by atoms with Gasteiger partial charge in [-0.2, -0.15) is 0 Å². The molecule has 1 aromatic carbocycles. The summed E-state index contributed by atoms with van der Waals surface area (Å²) in [6.45, 7) is 8.40. The van der Waals surface area contributed by atoms with Crippen LogP contribution in [0.1, 0.15) is 43.4 Å². The summed E-state index contributed by atoms with van der Waals surface area (Å²) in [7, 11) is 0. The van der Waals surface area contributed by atoms with Crippen LogP contribution in [0.15, 0.2) is 23.0 Å². The zero-order valence-corrected chi connectivity index (χ0v) is 15.6. The van der Waals surface area contributed by atoms with Crippen LogP contribution < -0.4 is 5.56 Å². The third kappa shape index (κ3) is 3.66. The second-order valence-corrected chi connectivity index (χ2v) is 8.11. The molecule has 0 atom stereocenters. The molecule has 4 nitrogen and oxygen atoms in total. The molecule has 1 aliphatic rings. The number of rotatable bonds is 2. The van der Waals surface area contributed by atoms with E-state index in [1.165, 1.54) is 0 Å². The van der Waals surface area contributed by atoms with Crippen LogP contribution in [0.4, 0.5) is 0 Å². The molecule has 3 rings (SSSR count). The molecule has 0 unspecified atom stereocenters. The van der Waals surface area contributed by atoms with Crippen LogP contribution in [0.2, 0.25) is 10.0 Å². The van der Waals surface area contributed by atoms with Crippen molar-refractivity contribution in [2.45, 2.75) is 45.7 Å². The van der Waals surface area contributed by atoms with Gasteiger partial charge in [-0.15, -0.1) is 0 Å². The van der Waals surface area contributed by atoms with Gasteiger partial charge in [-0.1, -0.05) is 50.0 Å². The van der Waals surface area contributed by atoms with Crippen molar-refractivity contribution in [1.29, 1.82) is 0 Å². The SMILES string of the molecule is CC(C)(C)c1nc2c(c(=O)[nH]1)CCN(Cc1ccc(Cl)c(Cl)c1)C2. The van der Waals surface area contributed by atoms with Crippen molar-refractivity contribution < 1.29 is 0 Å². The Hall–Kier alpha value is -1.36. The second kappa shape index (κ2) is 6.51. The van der Waals surface area contributed by atoms with Gasteiger partial charge in [-0.3, -0.25) is 9.69 Å². The van der Waals surface area contributed by atoms with Gasteiger partial charge in [0.15, 0.2) is 0 Å². The smallest absolute Gasteiger partial charge is 0.254 e. The van der Waals surface area contributed by atoms with E-state index in [0.29, 0.717) is 23.0 Å². The van der Waals surface area contributed by atoms with Crippen LogP contribution >= 0.6 is 23.2 Å². The summed E-state index contributed by atoms with van der Waals surface area (Å²) in [4.78, 5) is 22.3.